The van der Waals surface area contributed by atoms with Crippen molar-refractivity contribution in [2.75, 3.05) is 7.11 Å². The van der Waals surface area contributed by atoms with Crippen molar-refractivity contribution >= 4 is 34.8 Å². The molecular formula is C7H6Cl3NO. The van der Waals surface area contributed by atoms with Gasteiger partial charge >= 0.3 is 0 Å². The zero-order valence-corrected chi connectivity index (χ0v) is 8.49. The Hall–Kier alpha value is -0.180. The van der Waals surface area contributed by atoms with Gasteiger partial charge in [-0.15, -0.1) is 0 Å². The van der Waals surface area contributed by atoms with Crippen LogP contribution in [-0.2, 0) is 0 Å². The molecule has 0 unspecified atom stereocenters. The summed E-state index contributed by atoms with van der Waals surface area (Å²) in [7, 11) is 1.51. The van der Waals surface area contributed by atoms with Gasteiger partial charge in [0.1, 0.15) is 9.99 Å². The zero-order valence-electron chi connectivity index (χ0n) is 6.22. The Morgan fingerprint density at radius 3 is 2.50 bits per heavy atom. The summed E-state index contributed by atoms with van der Waals surface area (Å²) >= 11 is 17.0. The minimum Gasteiger partial charge on any atom is -0.481 e. The van der Waals surface area contributed by atoms with Crippen LogP contribution < -0.4 is 4.74 Å². The third kappa shape index (κ3) is 2.16. The van der Waals surface area contributed by atoms with E-state index in [4.69, 9.17) is 39.5 Å². The number of nitrogens with zero attached hydrogens (tertiary/aromatic N) is 1. The Kier molecular flexibility index (Phi) is 3.44. The van der Waals surface area contributed by atoms with Gasteiger partial charge in [0.25, 0.3) is 0 Å². The maximum Gasteiger partial charge on any atom is 0.214 e. The number of hydrogen-bond acceptors (Lipinski definition) is 2. The van der Waals surface area contributed by atoms with Crippen LogP contribution in [0.15, 0.2) is 12.1 Å². The van der Waals surface area contributed by atoms with Gasteiger partial charge in [-0.05, 0) is 6.07 Å². The molecule has 5 heteroatoms. The SMILES string of the molecule is COc1ccc(C(Cl)Cl)c(Cl)n1. The van der Waals surface area contributed by atoms with E-state index in [9.17, 15) is 0 Å². The fourth-order valence-corrected chi connectivity index (χ4v) is 1.42. The first-order valence-corrected chi connectivity index (χ1v) is 4.39. The van der Waals surface area contributed by atoms with Gasteiger partial charge < -0.3 is 4.74 Å². The average molecular weight is 226 g/mol. The standard InChI is InChI=1S/C7H6Cl3NO/c1-12-5-3-2-4(6(8)9)7(10)11-5/h2-3,6H,1H3. The van der Waals surface area contributed by atoms with E-state index in [0.717, 1.165) is 0 Å². The predicted octanol–water partition coefficient (Wildman–Crippen LogP) is 3.22. The molecule has 0 aliphatic carbocycles. The minimum absolute atomic E-state index is 0.268. The Labute approximate surface area is 85.4 Å². The van der Waals surface area contributed by atoms with Crippen molar-refractivity contribution < 1.29 is 4.74 Å². The van der Waals surface area contributed by atoms with Gasteiger partial charge in [-0.3, -0.25) is 0 Å². The summed E-state index contributed by atoms with van der Waals surface area (Å²) in [6.07, 6.45) is 0. The van der Waals surface area contributed by atoms with Crippen LogP contribution in [0.5, 0.6) is 5.88 Å². The summed E-state index contributed by atoms with van der Waals surface area (Å²) in [6.45, 7) is 0. The zero-order chi connectivity index (χ0) is 9.14. The lowest BCUT2D eigenvalue weighted by atomic mass is 10.3. The second-order valence-electron chi connectivity index (χ2n) is 2.03. The molecule has 0 fully saturated rings. The van der Waals surface area contributed by atoms with Crippen molar-refractivity contribution in [1.29, 1.82) is 0 Å². The molecule has 1 aromatic rings. The van der Waals surface area contributed by atoms with Crippen molar-refractivity contribution in [2.24, 2.45) is 0 Å². The topological polar surface area (TPSA) is 22.1 Å². The minimum atomic E-state index is -0.657. The van der Waals surface area contributed by atoms with E-state index in [0.29, 0.717) is 11.4 Å². The highest BCUT2D eigenvalue weighted by molar-refractivity contribution is 6.45. The molecule has 0 amide bonds. The van der Waals surface area contributed by atoms with Gasteiger partial charge in [0, 0.05) is 11.6 Å². The van der Waals surface area contributed by atoms with E-state index >= 15 is 0 Å². The van der Waals surface area contributed by atoms with Crippen LogP contribution in [0, 0.1) is 0 Å². The fourth-order valence-electron chi connectivity index (χ4n) is 0.705. The molecule has 12 heavy (non-hydrogen) atoms. The van der Waals surface area contributed by atoms with Gasteiger partial charge in [0.05, 0.1) is 7.11 Å². The lowest BCUT2D eigenvalue weighted by molar-refractivity contribution is 0.398. The average Bonchev–Trinajstić information content (AvgIpc) is 2.03. The van der Waals surface area contributed by atoms with Crippen LogP contribution in [0.2, 0.25) is 5.15 Å². The number of hydrogen-bond donors (Lipinski definition) is 0. The summed E-state index contributed by atoms with van der Waals surface area (Å²) in [5, 5.41) is 0.268. The molecule has 1 aromatic heterocycles. The third-order valence-corrected chi connectivity index (χ3v) is 2.07. The van der Waals surface area contributed by atoms with E-state index < -0.39 is 4.84 Å². The third-order valence-electron chi connectivity index (χ3n) is 1.30. The molecule has 1 rings (SSSR count). The van der Waals surface area contributed by atoms with E-state index in [1.807, 2.05) is 0 Å². The highest BCUT2D eigenvalue weighted by atomic mass is 35.5. The molecule has 0 aliphatic heterocycles. The molecule has 66 valence electrons. The lowest BCUT2D eigenvalue weighted by Crippen LogP contribution is -1.91. The van der Waals surface area contributed by atoms with Crippen LogP contribution >= 0.6 is 34.8 Å². The monoisotopic (exact) mass is 225 g/mol. The quantitative estimate of drug-likeness (QED) is 0.571. The number of rotatable bonds is 2. The van der Waals surface area contributed by atoms with Crippen molar-refractivity contribution in [3.05, 3.63) is 22.8 Å². The molecule has 0 bridgehead atoms. The molecule has 0 aromatic carbocycles. The van der Waals surface area contributed by atoms with Crippen molar-refractivity contribution in [3.63, 3.8) is 0 Å². The summed E-state index contributed by atoms with van der Waals surface area (Å²) in [5.74, 6) is 0.442. The van der Waals surface area contributed by atoms with Crippen LogP contribution in [-0.4, -0.2) is 12.1 Å². The lowest BCUT2D eigenvalue weighted by Gasteiger charge is -2.04. The largest absolute Gasteiger partial charge is 0.481 e. The van der Waals surface area contributed by atoms with Crippen LogP contribution in [0.1, 0.15) is 10.4 Å². The van der Waals surface area contributed by atoms with E-state index in [1.54, 1.807) is 12.1 Å². The van der Waals surface area contributed by atoms with Gasteiger partial charge in [0.15, 0.2) is 0 Å². The number of alkyl halides is 2. The molecule has 0 N–H and O–H groups in total. The number of aromatic nitrogens is 1. The molecule has 2 nitrogen and oxygen atoms in total. The van der Waals surface area contributed by atoms with Crippen LogP contribution in [0.25, 0.3) is 0 Å². The normalized spacial score (nSPS) is 10.4. The summed E-state index contributed by atoms with van der Waals surface area (Å²) in [6, 6.07) is 3.33. The Morgan fingerprint density at radius 2 is 2.08 bits per heavy atom. The maximum atomic E-state index is 5.74. The molecule has 0 atom stereocenters. The van der Waals surface area contributed by atoms with E-state index in [1.165, 1.54) is 7.11 Å². The Bertz CT molecular complexity index is 277. The highest BCUT2D eigenvalue weighted by Gasteiger charge is 2.10. The fraction of sp³-hybridized carbons (Fsp3) is 0.286. The van der Waals surface area contributed by atoms with E-state index in [-0.39, 0.29) is 5.15 Å². The predicted molar refractivity (Wildman–Crippen MR) is 50.2 cm³/mol. The molecule has 0 saturated carbocycles. The molecule has 0 aliphatic rings. The Morgan fingerprint density at radius 1 is 1.42 bits per heavy atom. The first-order valence-electron chi connectivity index (χ1n) is 3.13. The number of pyridine rings is 1. The number of methoxy groups -OCH3 is 1. The second kappa shape index (κ2) is 4.17. The highest BCUT2D eigenvalue weighted by Crippen LogP contribution is 2.30. The Balaban J connectivity index is 3.03. The van der Waals surface area contributed by atoms with Gasteiger partial charge in [0.2, 0.25) is 5.88 Å². The molecule has 0 spiro atoms. The van der Waals surface area contributed by atoms with Gasteiger partial charge in [-0.25, -0.2) is 4.98 Å². The molecular weight excluding hydrogens is 220 g/mol. The number of halogens is 3. The first kappa shape index (κ1) is 9.90. The smallest absolute Gasteiger partial charge is 0.214 e. The number of ether oxygens (including phenoxy) is 1. The van der Waals surface area contributed by atoms with Crippen molar-refractivity contribution in [3.8, 4) is 5.88 Å². The van der Waals surface area contributed by atoms with E-state index in [2.05, 4.69) is 4.98 Å². The second-order valence-corrected chi connectivity index (χ2v) is 3.49. The van der Waals surface area contributed by atoms with Crippen molar-refractivity contribution in [1.82, 2.24) is 4.98 Å². The summed E-state index contributed by atoms with van der Waals surface area (Å²) in [5.41, 5.74) is 0.584. The van der Waals surface area contributed by atoms with Gasteiger partial charge in [-0.2, -0.15) is 0 Å². The van der Waals surface area contributed by atoms with Crippen molar-refractivity contribution in [2.45, 2.75) is 4.84 Å². The molecule has 0 radical (unpaired) electrons. The summed E-state index contributed by atoms with van der Waals surface area (Å²) in [4.78, 5) is 3.23. The van der Waals surface area contributed by atoms with Crippen LogP contribution in [0.3, 0.4) is 0 Å². The summed E-state index contributed by atoms with van der Waals surface area (Å²) < 4.78 is 4.85. The van der Waals surface area contributed by atoms with Crippen LogP contribution in [0.4, 0.5) is 0 Å². The van der Waals surface area contributed by atoms with Gasteiger partial charge in [-0.1, -0.05) is 34.8 Å². The first-order chi connectivity index (χ1) is 5.65. The maximum absolute atomic E-state index is 5.74. The molecule has 0 saturated heterocycles. The molecule has 1 heterocycles.